The third kappa shape index (κ3) is 4.01. The fourth-order valence-electron chi connectivity index (χ4n) is 3.73. The van der Waals surface area contributed by atoms with Crippen molar-refractivity contribution in [2.45, 2.75) is 31.7 Å². The number of quaternary nitrogens is 1. The first-order valence-electron chi connectivity index (χ1n) is 9.36. The number of likely N-dealkylation sites (tertiary alicyclic amines) is 1. The number of thiazole rings is 1. The molecule has 4 nitrogen and oxygen atoms in total. The Bertz CT molecular complexity index is 907. The molecule has 3 atom stereocenters. The molecule has 1 saturated heterocycles. The zero-order chi connectivity index (χ0) is 18.8. The van der Waals surface area contributed by atoms with Crippen LogP contribution in [0.25, 0.3) is 10.2 Å². The molecule has 2 heterocycles. The van der Waals surface area contributed by atoms with Crippen molar-refractivity contribution in [2.24, 2.45) is 0 Å². The number of nitrogens with zero attached hydrogens (tertiary/aromatic N) is 1. The second-order valence-corrected chi connectivity index (χ2v) is 8.25. The highest BCUT2D eigenvalue weighted by Crippen LogP contribution is 2.30. The summed E-state index contributed by atoms with van der Waals surface area (Å²) in [6.45, 7) is 3.87. The quantitative estimate of drug-likeness (QED) is 0.726. The van der Waals surface area contributed by atoms with Crippen LogP contribution in [0.3, 0.4) is 0 Å². The molecule has 0 aliphatic carbocycles. The molecular formula is C21H23FN3OS+. The molecule has 0 bridgehead atoms. The molecule has 1 aromatic heterocycles. The topological polar surface area (TPSA) is 46.4 Å². The lowest BCUT2D eigenvalue weighted by Crippen LogP contribution is -3.17. The maximum atomic E-state index is 13.0. The normalized spacial score (nSPS) is 21.1. The maximum absolute atomic E-state index is 13.0. The number of anilines is 1. The minimum absolute atomic E-state index is 0.0263. The van der Waals surface area contributed by atoms with Gasteiger partial charge in [0.15, 0.2) is 6.04 Å². The number of rotatable bonds is 4. The lowest BCUT2D eigenvalue weighted by atomic mass is 9.97. The molecule has 0 radical (unpaired) electrons. The van der Waals surface area contributed by atoms with Gasteiger partial charge in [-0.25, -0.2) is 9.37 Å². The highest BCUT2D eigenvalue weighted by atomic mass is 32.1. The smallest absolute Gasteiger partial charge is 0.282 e. The molecule has 27 heavy (non-hydrogen) atoms. The first-order chi connectivity index (χ1) is 13.1. The largest absolute Gasteiger partial charge is 0.324 e. The zero-order valence-electron chi connectivity index (χ0n) is 15.2. The predicted molar refractivity (Wildman–Crippen MR) is 107 cm³/mol. The van der Waals surface area contributed by atoms with Crippen LogP contribution in [0.4, 0.5) is 10.1 Å². The summed E-state index contributed by atoms with van der Waals surface area (Å²) in [5.74, 6) is 0.0650. The number of carbonyl (C=O) groups is 1. The number of carbonyl (C=O) groups excluding carboxylic acids is 1. The average Bonchev–Trinajstić information content (AvgIpc) is 3.13. The van der Waals surface area contributed by atoms with E-state index in [0.29, 0.717) is 11.6 Å². The molecule has 140 valence electrons. The first kappa shape index (κ1) is 18.1. The number of aromatic nitrogens is 1. The number of hydrogen-bond acceptors (Lipinski definition) is 3. The Morgan fingerprint density at radius 1 is 1.26 bits per heavy atom. The van der Waals surface area contributed by atoms with Gasteiger partial charge >= 0.3 is 0 Å². The Morgan fingerprint density at radius 3 is 2.81 bits per heavy atom. The van der Waals surface area contributed by atoms with Crippen LogP contribution in [-0.2, 0) is 4.79 Å². The van der Waals surface area contributed by atoms with Gasteiger partial charge in [-0.2, -0.15) is 0 Å². The van der Waals surface area contributed by atoms with Crippen LogP contribution < -0.4 is 10.2 Å². The highest BCUT2D eigenvalue weighted by molar-refractivity contribution is 7.18. The van der Waals surface area contributed by atoms with Crippen molar-refractivity contribution in [1.82, 2.24) is 4.98 Å². The maximum Gasteiger partial charge on any atom is 0.282 e. The Balaban J connectivity index is 1.43. The van der Waals surface area contributed by atoms with Gasteiger partial charge in [-0.05, 0) is 56.2 Å². The van der Waals surface area contributed by atoms with E-state index in [2.05, 4.69) is 17.4 Å². The molecular weight excluding hydrogens is 361 g/mol. The summed E-state index contributed by atoms with van der Waals surface area (Å²) in [4.78, 5) is 18.7. The summed E-state index contributed by atoms with van der Waals surface area (Å²) in [6.07, 6.45) is 2.21. The second-order valence-electron chi connectivity index (χ2n) is 7.19. The van der Waals surface area contributed by atoms with Crippen LogP contribution in [0.1, 0.15) is 30.7 Å². The van der Waals surface area contributed by atoms with Crippen molar-refractivity contribution in [3.05, 3.63) is 59.4 Å². The summed E-state index contributed by atoms with van der Waals surface area (Å²) in [5.41, 5.74) is 1.69. The van der Waals surface area contributed by atoms with Crippen molar-refractivity contribution in [3.8, 4) is 0 Å². The van der Waals surface area contributed by atoms with E-state index in [-0.39, 0.29) is 17.8 Å². The number of piperidine rings is 1. The van der Waals surface area contributed by atoms with Crippen LogP contribution in [0.15, 0.2) is 48.5 Å². The van der Waals surface area contributed by atoms with Crippen molar-refractivity contribution in [1.29, 1.82) is 0 Å². The molecule has 3 aromatic rings. The standard InChI is InChI=1S/C21H22FN3OS/c1-14(20(26)23-17-10-8-16(22)9-11-17)25-12-4-5-15(13-25)21-24-18-6-2-3-7-19(18)27-21/h2-3,6-11,14-15H,4-5,12-13H2,1H3,(H,23,26)/p+1/t14-,15+/m1/s1. The van der Waals surface area contributed by atoms with E-state index in [4.69, 9.17) is 4.98 Å². The van der Waals surface area contributed by atoms with E-state index in [9.17, 15) is 9.18 Å². The number of hydrogen-bond donors (Lipinski definition) is 2. The van der Waals surface area contributed by atoms with Crippen molar-refractivity contribution in [3.63, 3.8) is 0 Å². The van der Waals surface area contributed by atoms with E-state index in [1.54, 1.807) is 23.5 Å². The fourth-order valence-corrected chi connectivity index (χ4v) is 4.84. The number of fused-ring (bicyclic) bond motifs is 1. The summed E-state index contributed by atoms with van der Waals surface area (Å²) in [7, 11) is 0. The molecule has 6 heteroatoms. The Hall–Kier alpha value is -2.31. The van der Waals surface area contributed by atoms with E-state index in [1.165, 1.54) is 26.7 Å². The highest BCUT2D eigenvalue weighted by Gasteiger charge is 2.33. The van der Waals surface area contributed by atoms with Crippen LogP contribution in [0.5, 0.6) is 0 Å². The monoisotopic (exact) mass is 384 g/mol. The fraction of sp³-hybridized carbons (Fsp3) is 0.333. The van der Waals surface area contributed by atoms with Gasteiger partial charge in [0, 0.05) is 5.69 Å². The molecule has 0 spiro atoms. The molecule has 1 fully saturated rings. The van der Waals surface area contributed by atoms with E-state index >= 15 is 0 Å². The molecule has 1 unspecified atom stereocenters. The van der Waals surface area contributed by atoms with Crippen molar-refractivity contribution < 1.29 is 14.1 Å². The third-order valence-corrected chi connectivity index (χ3v) is 6.54. The van der Waals surface area contributed by atoms with Gasteiger partial charge < -0.3 is 10.2 Å². The molecule has 4 rings (SSSR count). The van der Waals surface area contributed by atoms with Crippen LogP contribution in [0.2, 0.25) is 0 Å². The van der Waals surface area contributed by atoms with Gasteiger partial charge in [0.2, 0.25) is 0 Å². The summed E-state index contributed by atoms with van der Waals surface area (Å²) < 4.78 is 14.3. The summed E-state index contributed by atoms with van der Waals surface area (Å²) in [5, 5.41) is 4.08. The predicted octanol–water partition coefficient (Wildman–Crippen LogP) is 3.22. The zero-order valence-corrected chi connectivity index (χ0v) is 16.1. The minimum atomic E-state index is -0.304. The summed E-state index contributed by atoms with van der Waals surface area (Å²) >= 11 is 1.77. The number of nitrogens with one attached hydrogen (secondary N) is 2. The van der Waals surface area contributed by atoms with Gasteiger partial charge in [0.05, 0.1) is 29.2 Å². The molecule has 1 amide bonds. The lowest BCUT2D eigenvalue weighted by molar-refractivity contribution is -0.920. The second kappa shape index (κ2) is 7.74. The van der Waals surface area contributed by atoms with Gasteiger partial charge in [-0.1, -0.05) is 12.1 Å². The van der Waals surface area contributed by atoms with Crippen LogP contribution in [-0.4, -0.2) is 30.0 Å². The average molecular weight is 385 g/mol. The molecule has 1 aliphatic heterocycles. The van der Waals surface area contributed by atoms with E-state index < -0.39 is 0 Å². The minimum Gasteiger partial charge on any atom is -0.324 e. The Morgan fingerprint density at radius 2 is 2.04 bits per heavy atom. The van der Waals surface area contributed by atoms with Crippen LogP contribution >= 0.6 is 11.3 Å². The molecule has 2 N–H and O–H groups in total. The van der Waals surface area contributed by atoms with Gasteiger partial charge in [0.1, 0.15) is 10.8 Å². The van der Waals surface area contributed by atoms with E-state index in [0.717, 1.165) is 31.4 Å². The van der Waals surface area contributed by atoms with Gasteiger partial charge in [-0.15, -0.1) is 11.3 Å². The number of para-hydroxylation sites is 1. The number of halogens is 1. The third-order valence-electron chi connectivity index (χ3n) is 5.34. The van der Waals surface area contributed by atoms with E-state index in [1.807, 2.05) is 19.1 Å². The molecule has 1 aliphatic rings. The Kier molecular flexibility index (Phi) is 5.18. The van der Waals surface area contributed by atoms with Crippen LogP contribution in [0, 0.1) is 5.82 Å². The molecule has 2 aromatic carbocycles. The molecule has 0 saturated carbocycles. The van der Waals surface area contributed by atoms with Crippen molar-refractivity contribution in [2.75, 3.05) is 18.4 Å². The first-order valence-corrected chi connectivity index (χ1v) is 10.2. The van der Waals surface area contributed by atoms with Gasteiger partial charge in [0.25, 0.3) is 5.91 Å². The van der Waals surface area contributed by atoms with Gasteiger partial charge in [-0.3, -0.25) is 4.79 Å². The van der Waals surface area contributed by atoms with Crippen molar-refractivity contribution >= 4 is 33.1 Å². The number of amides is 1. The number of benzene rings is 2. The SMILES string of the molecule is C[C@H](C(=O)Nc1ccc(F)cc1)[NH+]1CCC[C@H](c2nc3ccccc3s2)C1. The Labute approximate surface area is 162 Å². The lowest BCUT2D eigenvalue weighted by Gasteiger charge is -2.32. The summed E-state index contributed by atoms with van der Waals surface area (Å²) in [6, 6.07) is 14.0.